The number of ether oxygens (including phenoxy) is 1. The van der Waals surface area contributed by atoms with E-state index < -0.39 is 18.4 Å². The first-order valence-corrected chi connectivity index (χ1v) is 6.43. The fourth-order valence-electron chi connectivity index (χ4n) is 1.77. The first-order chi connectivity index (χ1) is 11.0. The predicted molar refractivity (Wildman–Crippen MR) is 76.9 cm³/mol. The number of benzene rings is 1. The second-order valence-electron chi connectivity index (χ2n) is 4.44. The van der Waals surface area contributed by atoms with Crippen LogP contribution in [0.5, 0.6) is 0 Å². The van der Waals surface area contributed by atoms with Gasteiger partial charge >= 0.3 is 5.97 Å². The third-order valence-corrected chi connectivity index (χ3v) is 2.84. The van der Waals surface area contributed by atoms with E-state index in [0.29, 0.717) is 5.69 Å². The zero-order valence-corrected chi connectivity index (χ0v) is 12.1. The van der Waals surface area contributed by atoms with Gasteiger partial charge in [-0.25, -0.2) is 4.79 Å². The normalized spacial score (nSPS) is 11.3. The highest BCUT2D eigenvalue weighted by atomic mass is 16.5. The van der Waals surface area contributed by atoms with Crippen molar-refractivity contribution in [1.29, 1.82) is 5.26 Å². The second kappa shape index (κ2) is 6.95. The van der Waals surface area contributed by atoms with E-state index in [1.165, 1.54) is 24.0 Å². The number of carbonyl (C=O) groups is 2. The summed E-state index contributed by atoms with van der Waals surface area (Å²) in [7, 11) is 0. The average molecular weight is 312 g/mol. The van der Waals surface area contributed by atoms with Gasteiger partial charge in [0.25, 0.3) is 0 Å². The summed E-state index contributed by atoms with van der Waals surface area (Å²) in [6, 6.07) is 8.16. The largest absolute Gasteiger partial charge is 0.454 e. The number of hydrogen-bond donors (Lipinski definition) is 1. The molecule has 0 fully saturated rings. The molecule has 2 N–H and O–H groups in total. The van der Waals surface area contributed by atoms with Gasteiger partial charge in [-0.1, -0.05) is 12.1 Å². The SMILES string of the molecule is CC(N)=C(C#N)C(=O)COC(=O)c1ccccc1-n1cnnn1. The standard InChI is InChI=1S/C14H12N6O3/c1-9(16)11(6-15)13(21)7-23-14(22)10-4-2-3-5-12(10)20-8-17-18-19-20/h2-5,8H,7,16H2,1H3. The Morgan fingerprint density at radius 1 is 1.39 bits per heavy atom. The lowest BCUT2D eigenvalue weighted by Gasteiger charge is -2.08. The van der Waals surface area contributed by atoms with E-state index in [4.69, 9.17) is 15.7 Å². The molecule has 2 aromatic rings. The molecule has 0 aliphatic heterocycles. The number of esters is 1. The molecule has 0 bridgehead atoms. The van der Waals surface area contributed by atoms with E-state index in [2.05, 4.69) is 15.5 Å². The number of allylic oxidation sites excluding steroid dienone is 1. The molecular formula is C14H12N6O3. The van der Waals surface area contributed by atoms with Crippen molar-refractivity contribution in [2.75, 3.05) is 6.61 Å². The lowest BCUT2D eigenvalue weighted by molar-refractivity contribution is -0.118. The zero-order chi connectivity index (χ0) is 16.8. The quantitative estimate of drug-likeness (QED) is 0.467. The summed E-state index contributed by atoms with van der Waals surface area (Å²) in [6.45, 7) is 0.839. The van der Waals surface area contributed by atoms with Gasteiger partial charge in [0, 0.05) is 5.70 Å². The van der Waals surface area contributed by atoms with Gasteiger partial charge in [-0.05, 0) is 29.5 Å². The van der Waals surface area contributed by atoms with Crippen LogP contribution in [0, 0.1) is 11.3 Å². The summed E-state index contributed by atoms with van der Waals surface area (Å²) in [5.41, 5.74) is 5.85. The number of rotatable bonds is 5. The van der Waals surface area contributed by atoms with Gasteiger partial charge in [0.15, 0.2) is 6.61 Å². The molecule has 0 saturated heterocycles. The summed E-state index contributed by atoms with van der Waals surface area (Å²) >= 11 is 0. The number of ketones is 1. The predicted octanol–water partition coefficient (Wildman–Crippen LogP) is 0.144. The molecule has 116 valence electrons. The van der Waals surface area contributed by atoms with Crippen molar-refractivity contribution in [3.8, 4) is 11.8 Å². The molecule has 9 nitrogen and oxygen atoms in total. The Morgan fingerprint density at radius 2 is 2.13 bits per heavy atom. The van der Waals surface area contributed by atoms with Crippen LogP contribution in [0.1, 0.15) is 17.3 Å². The van der Waals surface area contributed by atoms with Crippen LogP contribution >= 0.6 is 0 Å². The molecule has 0 amide bonds. The molecule has 1 aromatic carbocycles. The number of tetrazole rings is 1. The van der Waals surface area contributed by atoms with E-state index >= 15 is 0 Å². The van der Waals surface area contributed by atoms with Crippen LogP contribution in [0.2, 0.25) is 0 Å². The fourth-order valence-corrected chi connectivity index (χ4v) is 1.77. The Kier molecular flexibility index (Phi) is 4.79. The van der Waals surface area contributed by atoms with E-state index in [0.717, 1.165) is 0 Å². The summed E-state index contributed by atoms with van der Waals surface area (Å²) < 4.78 is 6.25. The molecule has 23 heavy (non-hydrogen) atoms. The van der Waals surface area contributed by atoms with Gasteiger partial charge in [-0.3, -0.25) is 4.79 Å². The molecule has 1 aromatic heterocycles. The number of carbonyl (C=O) groups excluding carboxylic acids is 2. The van der Waals surface area contributed by atoms with Gasteiger partial charge in [0.1, 0.15) is 18.0 Å². The van der Waals surface area contributed by atoms with Crippen LogP contribution in [0.15, 0.2) is 41.9 Å². The lowest BCUT2D eigenvalue weighted by Crippen LogP contribution is -2.18. The second-order valence-corrected chi connectivity index (χ2v) is 4.44. The molecule has 0 radical (unpaired) electrons. The van der Waals surface area contributed by atoms with Crippen LogP contribution in [0.3, 0.4) is 0 Å². The number of aromatic nitrogens is 4. The Morgan fingerprint density at radius 3 is 2.74 bits per heavy atom. The number of nitrogens with zero attached hydrogens (tertiary/aromatic N) is 5. The molecule has 0 unspecified atom stereocenters. The van der Waals surface area contributed by atoms with Gasteiger partial charge in [-0.15, -0.1) is 5.10 Å². The Bertz CT molecular complexity index is 800. The summed E-state index contributed by atoms with van der Waals surface area (Å²) in [6.07, 6.45) is 1.32. The lowest BCUT2D eigenvalue weighted by atomic mass is 10.1. The van der Waals surface area contributed by atoms with Crippen molar-refractivity contribution < 1.29 is 14.3 Å². The van der Waals surface area contributed by atoms with Crippen LogP contribution in [-0.2, 0) is 9.53 Å². The first-order valence-electron chi connectivity index (χ1n) is 6.43. The zero-order valence-electron chi connectivity index (χ0n) is 12.1. The van der Waals surface area contributed by atoms with E-state index in [1.807, 2.05) is 0 Å². The summed E-state index contributed by atoms with van der Waals surface area (Å²) in [5, 5.41) is 19.5. The smallest absolute Gasteiger partial charge is 0.340 e. The van der Waals surface area contributed by atoms with E-state index in [-0.39, 0.29) is 16.8 Å². The maximum Gasteiger partial charge on any atom is 0.340 e. The highest BCUT2D eigenvalue weighted by Crippen LogP contribution is 2.14. The van der Waals surface area contributed by atoms with Crippen molar-refractivity contribution in [3.05, 3.63) is 47.4 Å². The molecule has 0 saturated carbocycles. The third kappa shape index (κ3) is 3.56. The maximum atomic E-state index is 12.2. The van der Waals surface area contributed by atoms with E-state index in [1.54, 1.807) is 24.3 Å². The third-order valence-electron chi connectivity index (χ3n) is 2.84. The van der Waals surface area contributed by atoms with Crippen LogP contribution in [0.4, 0.5) is 0 Å². The summed E-state index contributed by atoms with van der Waals surface area (Å²) in [4.78, 5) is 23.9. The van der Waals surface area contributed by atoms with Crippen LogP contribution in [0.25, 0.3) is 5.69 Å². The van der Waals surface area contributed by atoms with Crippen molar-refractivity contribution in [2.45, 2.75) is 6.92 Å². The fraction of sp³-hybridized carbons (Fsp3) is 0.143. The topological polar surface area (TPSA) is 137 Å². The number of Topliss-reactive ketones (excluding diaryl/α,β-unsaturated/α-hetero) is 1. The van der Waals surface area contributed by atoms with Gasteiger partial charge < -0.3 is 10.5 Å². The minimum Gasteiger partial charge on any atom is -0.454 e. The van der Waals surface area contributed by atoms with Crippen molar-refractivity contribution in [1.82, 2.24) is 20.2 Å². The molecule has 0 atom stereocenters. The molecule has 9 heteroatoms. The summed E-state index contributed by atoms with van der Waals surface area (Å²) in [5.74, 6) is -1.41. The molecule has 0 aliphatic carbocycles. The minimum absolute atomic E-state index is 0.0719. The average Bonchev–Trinajstić information content (AvgIpc) is 3.07. The van der Waals surface area contributed by atoms with E-state index in [9.17, 15) is 9.59 Å². The Labute approximate surface area is 131 Å². The van der Waals surface area contributed by atoms with Gasteiger partial charge in [-0.2, -0.15) is 9.94 Å². The van der Waals surface area contributed by atoms with Crippen molar-refractivity contribution in [2.24, 2.45) is 5.73 Å². The van der Waals surface area contributed by atoms with Gasteiger partial charge in [0.2, 0.25) is 5.78 Å². The first kappa shape index (κ1) is 15.8. The molecule has 0 spiro atoms. The number of nitrogens with two attached hydrogens (primary N) is 1. The monoisotopic (exact) mass is 312 g/mol. The van der Waals surface area contributed by atoms with Gasteiger partial charge in [0.05, 0.1) is 11.3 Å². The van der Waals surface area contributed by atoms with Crippen molar-refractivity contribution in [3.63, 3.8) is 0 Å². The highest BCUT2D eigenvalue weighted by molar-refractivity contribution is 6.02. The minimum atomic E-state index is -0.739. The van der Waals surface area contributed by atoms with Crippen LogP contribution in [-0.4, -0.2) is 38.6 Å². The molecule has 0 aliphatic rings. The highest BCUT2D eigenvalue weighted by Gasteiger charge is 2.18. The molecule has 2 rings (SSSR count). The number of hydrogen-bond acceptors (Lipinski definition) is 8. The van der Waals surface area contributed by atoms with Crippen LogP contribution < -0.4 is 5.73 Å². The van der Waals surface area contributed by atoms with Crippen molar-refractivity contribution >= 4 is 11.8 Å². The molecular weight excluding hydrogens is 300 g/mol. The Hall–Kier alpha value is -3.54. The number of nitriles is 1. The number of para-hydroxylation sites is 1. The maximum absolute atomic E-state index is 12.2. The molecule has 1 heterocycles. The Balaban J connectivity index is 2.16.